The Bertz CT molecular complexity index is 464. The number of hydrogen-bond donors (Lipinski definition) is 2. The van der Waals surface area contributed by atoms with Gasteiger partial charge in [-0.25, -0.2) is 0 Å². The molecular weight excluding hydrogens is 202 g/mol. The van der Waals surface area contributed by atoms with Crippen LogP contribution in [0.15, 0.2) is 24.4 Å². The standard InChI is InChI=1S/C12H17N3O/c1-2-13-8-10-3-4-12-11(7-10)9-14-15(12)5-6-16/h3-4,7,9,13,16H,2,5-6,8H2,1H3. The number of hydrogen-bond acceptors (Lipinski definition) is 3. The molecule has 0 aliphatic heterocycles. The van der Waals surface area contributed by atoms with E-state index >= 15 is 0 Å². The Balaban J connectivity index is 2.26. The minimum Gasteiger partial charge on any atom is -0.394 e. The van der Waals surface area contributed by atoms with Gasteiger partial charge in [0.05, 0.1) is 24.9 Å². The van der Waals surface area contributed by atoms with Crippen LogP contribution in [0.4, 0.5) is 0 Å². The molecule has 1 aromatic heterocycles. The van der Waals surface area contributed by atoms with Gasteiger partial charge in [-0.3, -0.25) is 4.68 Å². The second-order valence-electron chi connectivity index (χ2n) is 3.76. The van der Waals surface area contributed by atoms with Gasteiger partial charge in [-0.2, -0.15) is 5.10 Å². The number of aromatic nitrogens is 2. The van der Waals surface area contributed by atoms with Crippen molar-refractivity contribution in [1.29, 1.82) is 0 Å². The first-order valence-corrected chi connectivity index (χ1v) is 5.61. The second kappa shape index (κ2) is 5.09. The van der Waals surface area contributed by atoms with Crippen molar-refractivity contribution in [3.8, 4) is 0 Å². The summed E-state index contributed by atoms with van der Waals surface area (Å²) in [6.07, 6.45) is 1.85. The van der Waals surface area contributed by atoms with Crippen LogP contribution in [0.1, 0.15) is 12.5 Å². The van der Waals surface area contributed by atoms with Crippen LogP contribution in [-0.2, 0) is 13.1 Å². The summed E-state index contributed by atoms with van der Waals surface area (Å²) in [6.45, 7) is 4.63. The lowest BCUT2D eigenvalue weighted by atomic mass is 10.1. The third-order valence-corrected chi connectivity index (χ3v) is 2.60. The molecule has 0 atom stereocenters. The molecule has 2 aromatic rings. The number of aliphatic hydroxyl groups excluding tert-OH is 1. The lowest BCUT2D eigenvalue weighted by Crippen LogP contribution is -2.11. The zero-order chi connectivity index (χ0) is 11.4. The van der Waals surface area contributed by atoms with E-state index in [1.165, 1.54) is 5.56 Å². The fraction of sp³-hybridized carbons (Fsp3) is 0.417. The van der Waals surface area contributed by atoms with E-state index in [0.717, 1.165) is 24.0 Å². The molecule has 0 saturated carbocycles. The van der Waals surface area contributed by atoms with Gasteiger partial charge >= 0.3 is 0 Å². The second-order valence-corrected chi connectivity index (χ2v) is 3.76. The van der Waals surface area contributed by atoms with E-state index in [1.807, 2.05) is 10.9 Å². The normalized spacial score (nSPS) is 11.1. The smallest absolute Gasteiger partial charge is 0.0683 e. The summed E-state index contributed by atoms with van der Waals surface area (Å²) in [5, 5.41) is 17.6. The number of nitrogens with one attached hydrogen (secondary N) is 1. The van der Waals surface area contributed by atoms with Crippen LogP contribution < -0.4 is 5.32 Å². The van der Waals surface area contributed by atoms with Crippen LogP contribution in [0.2, 0.25) is 0 Å². The van der Waals surface area contributed by atoms with Gasteiger partial charge in [-0.15, -0.1) is 0 Å². The summed E-state index contributed by atoms with van der Waals surface area (Å²) in [4.78, 5) is 0. The van der Waals surface area contributed by atoms with Crippen molar-refractivity contribution in [2.75, 3.05) is 13.2 Å². The molecule has 86 valence electrons. The maximum Gasteiger partial charge on any atom is 0.0683 e. The van der Waals surface area contributed by atoms with Crippen LogP contribution >= 0.6 is 0 Å². The molecule has 0 radical (unpaired) electrons. The van der Waals surface area contributed by atoms with Crippen molar-refractivity contribution >= 4 is 10.9 Å². The molecule has 0 spiro atoms. The molecule has 1 heterocycles. The Morgan fingerprint density at radius 2 is 2.31 bits per heavy atom. The monoisotopic (exact) mass is 219 g/mol. The Morgan fingerprint density at radius 1 is 1.44 bits per heavy atom. The number of fused-ring (bicyclic) bond motifs is 1. The Kier molecular flexibility index (Phi) is 3.54. The molecule has 0 unspecified atom stereocenters. The van der Waals surface area contributed by atoms with Gasteiger partial charge in [-0.1, -0.05) is 13.0 Å². The van der Waals surface area contributed by atoms with Crippen LogP contribution in [0.3, 0.4) is 0 Å². The first-order chi connectivity index (χ1) is 7.85. The van der Waals surface area contributed by atoms with Gasteiger partial charge in [0, 0.05) is 11.9 Å². The van der Waals surface area contributed by atoms with Gasteiger partial charge in [0.25, 0.3) is 0 Å². The molecule has 2 N–H and O–H groups in total. The van der Waals surface area contributed by atoms with E-state index in [9.17, 15) is 0 Å². The molecule has 1 aromatic carbocycles. The Labute approximate surface area is 94.9 Å². The molecule has 16 heavy (non-hydrogen) atoms. The van der Waals surface area contributed by atoms with Gasteiger partial charge in [0.15, 0.2) is 0 Å². The fourth-order valence-corrected chi connectivity index (χ4v) is 1.79. The van der Waals surface area contributed by atoms with Crippen LogP contribution in [0, 0.1) is 0 Å². The van der Waals surface area contributed by atoms with E-state index in [2.05, 4.69) is 35.5 Å². The maximum absolute atomic E-state index is 8.90. The van der Waals surface area contributed by atoms with Gasteiger partial charge in [0.2, 0.25) is 0 Å². The third kappa shape index (κ3) is 2.23. The van der Waals surface area contributed by atoms with Gasteiger partial charge in [0.1, 0.15) is 0 Å². The topological polar surface area (TPSA) is 50.1 Å². The summed E-state index contributed by atoms with van der Waals surface area (Å²) >= 11 is 0. The lowest BCUT2D eigenvalue weighted by Gasteiger charge is -2.03. The van der Waals surface area contributed by atoms with Crippen LogP contribution in [-0.4, -0.2) is 28.0 Å². The van der Waals surface area contributed by atoms with Crippen molar-refractivity contribution in [3.63, 3.8) is 0 Å². The van der Waals surface area contributed by atoms with Gasteiger partial charge in [-0.05, 0) is 24.2 Å². The minimum absolute atomic E-state index is 0.121. The van der Waals surface area contributed by atoms with Crippen molar-refractivity contribution in [2.24, 2.45) is 0 Å². The molecule has 0 fully saturated rings. The van der Waals surface area contributed by atoms with E-state index < -0.39 is 0 Å². The zero-order valence-corrected chi connectivity index (χ0v) is 9.48. The highest BCUT2D eigenvalue weighted by Crippen LogP contribution is 2.15. The largest absolute Gasteiger partial charge is 0.394 e. The predicted molar refractivity (Wildman–Crippen MR) is 64.2 cm³/mol. The summed E-state index contributed by atoms with van der Waals surface area (Å²) < 4.78 is 1.83. The number of aliphatic hydroxyl groups is 1. The maximum atomic E-state index is 8.90. The third-order valence-electron chi connectivity index (χ3n) is 2.60. The minimum atomic E-state index is 0.121. The zero-order valence-electron chi connectivity index (χ0n) is 9.48. The van der Waals surface area contributed by atoms with E-state index in [-0.39, 0.29) is 6.61 Å². The van der Waals surface area contributed by atoms with Gasteiger partial charge < -0.3 is 10.4 Å². The van der Waals surface area contributed by atoms with Crippen molar-refractivity contribution in [1.82, 2.24) is 15.1 Å². The highest BCUT2D eigenvalue weighted by molar-refractivity contribution is 5.79. The Hall–Kier alpha value is -1.39. The Morgan fingerprint density at radius 3 is 3.06 bits per heavy atom. The molecule has 4 nitrogen and oxygen atoms in total. The van der Waals surface area contributed by atoms with E-state index in [4.69, 9.17) is 5.11 Å². The first kappa shape index (κ1) is 11.1. The summed E-state index contributed by atoms with van der Waals surface area (Å²) in [5.41, 5.74) is 2.34. The molecular formula is C12H17N3O. The SMILES string of the molecule is CCNCc1ccc2c(cnn2CCO)c1. The molecule has 0 aliphatic carbocycles. The number of benzene rings is 1. The van der Waals surface area contributed by atoms with Crippen LogP contribution in [0.5, 0.6) is 0 Å². The van der Waals surface area contributed by atoms with Crippen molar-refractivity contribution in [2.45, 2.75) is 20.0 Å². The highest BCUT2D eigenvalue weighted by Gasteiger charge is 2.02. The molecule has 0 bridgehead atoms. The number of nitrogens with zero attached hydrogens (tertiary/aromatic N) is 2. The van der Waals surface area contributed by atoms with Crippen molar-refractivity contribution in [3.05, 3.63) is 30.0 Å². The fourth-order valence-electron chi connectivity index (χ4n) is 1.79. The highest BCUT2D eigenvalue weighted by atomic mass is 16.3. The number of rotatable bonds is 5. The molecule has 0 aliphatic rings. The quantitative estimate of drug-likeness (QED) is 0.792. The lowest BCUT2D eigenvalue weighted by molar-refractivity contribution is 0.271. The average Bonchev–Trinajstić information content (AvgIpc) is 2.70. The predicted octanol–water partition coefficient (Wildman–Crippen LogP) is 1.14. The summed E-state index contributed by atoms with van der Waals surface area (Å²) in [5.74, 6) is 0. The van der Waals surface area contributed by atoms with Crippen LogP contribution in [0.25, 0.3) is 10.9 Å². The van der Waals surface area contributed by atoms with E-state index in [0.29, 0.717) is 6.54 Å². The molecule has 2 rings (SSSR count). The summed E-state index contributed by atoms with van der Waals surface area (Å²) in [7, 11) is 0. The van der Waals surface area contributed by atoms with Crippen molar-refractivity contribution < 1.29 is 5.11 Å². The average molecular weight is 219 g/mol. The van der Waals surface area contributed by atoms with E-state index in [1.54, 1.807) is 0 Å². The summed E-state index contributed by atoms with van der Waals surface area (Å²) in [6, 6.07) is 6.30. The molecule has 0 saturated heterocycles. The molecule has 4 heteroatoms. The first-order valence-electron chi connectivity index (χ1n) is 5.61. The molecule has 0 amide bonds.